The first kappa shape index (κ1) is 21.1. The first-order valence-corrected chi connectivity index (χ1v) is 10.3. The molecule has 4 rings (SSSR count). The molecule has 4 aromatic rings. The molecule has 0 aliphatic rings. The van der Waals surface area contributed by atoms with Crippen molar-refractivity contribution in [2.24, 2.45) is 5.73 Å². The van der Waals surface area contributed by atoms with Crippen LogP contribution in [0.2, 0.25) is 0 Å². The number of benzene rings is 2. The minimum Gasteiger partial charge on any atom is -0.399 e. The van der Waals surface area contributed by atoms with E-state index in [0.29, 0.717) is 17.9 Å². The molecule has 0 atom stereocenters. The Labute approximate surface area is 186 Å². The Bertz CT molecular complexity index is 1250. The van der Waals surface area contributed by atoms with E-state index in [-0.39, 0.29) is 23.7 Å². The zero-order chi connectivity index (χ0) is 22.5. The average Bonchev–Trinajstić information content (AvgIpc) is 2.80. The number of ketones is 1. The fraction of sp³-hybridized carbons (Fsp3) is 0.120. The summed E-state index contributed by atoms with van der Waals surface area (Å²) in [5.74, 6) is -0.110. The van der Waals surface area contributed by atoms with Crippen molar-refractivity contribution >= 4 is 17.3 Å². The van der Waals surface area contributed by atoms with E-state index in [1.165, 1.54) is 0 Å². The number of rotatable bonds is 7. The summed E-state index contributed by atoms with van der Waals surface area (Å²) in [4.78, 5) is 26.0. The lowest BCUT2D eigenvalue weighted by molar-refractivity contribution is 0.0989. The van der Waals surface area contributed by atoms with Gasteiger partial charge in [0, 0.05) is 35.6 Å². The normalized spacial score (nSPS) is 10.8. The van der Waals surface area contributed by atoms with Crippen molar-refractivity contribution < 1.29 is 4.79 Å². The highest BCUT2D eigenvalue weighted by Crippen LogP contribution is 2.23. The molecular formula is C25H24N6O. The lowest BCUT2D eigenvalue weighted by atomic mass is 10.0. The van der Waals surface area contributed by atoms with Gasteiger partial charge in [0.05, 0.1) is 11.9 Å². The molecule has 6 N–H and O–H groups in total. The van der Waals surface area contributed by atoms with E-state index >= 15 is 0 Å². The second-order valence-electron chi connectivity index (χ2n) is 7.53. The van der Waals surface area contributed by atoms with Crippen molar-refractivity contribution in [2.45, 2.75) is 12.8 Å². The number of Topliss-reactive ketones (excluding diaryl/α,β-unsaturated/α-hetero) is 1. The van der Waals surface area contributed by atoms with Gasteiger partial charge in [-0.3, -0.25) is 9.78 Å². The molecule has 0 saturated heterocycles. The van der Waals surface area contributed by atoms with Crippen LogP contribution in [0.4, 0.5) is 11.5 Å². The van der Waals surface area contributed by atoms with E-state index < -0.39 is 0 Å². The van der Waals surface area contributed by atoms with Crippen LogP contribution in [0, 0.1) is 0 Å². The number of nitrogen functional groups attached to an aromatic ring is 2. The van der Waals surface area contributed by atoms with Gasteiger partial charge in [0.1, 0.15) is 5.69 Å². The van der Waals surface area contributed by atoms with Gasteiger partial charge in [0.2, 0.25) is 0 Å². The lowest BCUT2D eigenvalue weighted by Crippen LogP contribution is -2.12. The third kappa shape index (κ3) is 4.79. The molecule has 32 heavy (non-hydrogen) atoms. The van der Waals surface area contributed by atoms with Gasteiger partial charge in [0.25, 0.3) is 0 Å². The largest absolute Gasteiger partial charge is 0.399 e. The van der Waals surface area contributed by atoms with Crippen molar-refractivity contribution in [1.82, 2.24) is 15.0 Å². The van der Waals surface area contributed by atoms with Crippen LogP contribution in [-0.4, -0.2) is 27.3 Å². The Morgan fingerprint density at radius 3 is 2.41 bits per heavy atom. The summed E-state index contributed by atoms with van der Waals surface area (Å²) in [6.45, 7) is 0.591. The fourth-order valence-corrected chi connectivity index (χ4v) is 3.48. The molecule has 0 amide bonds. The van der Waals surface area contributed by atoms with Crippen molar-refractivity contribution in [1.29, 1.82) is 0 Å². The molecule has 0 aliphatic heterocycles. The Morgan fingerprint density at radius 1 is 0.844 bits per heavy atom. The Balaban J connectivity index is 1.57. The minimum atomic E-state index is -0.219. The van der Waals surface area contributed by atoms with Crippen LogP contribution >= 0.6 is 0 Å². The molecule has 0 saturated carbocycles. The fourth-order valence-electron chi connectivity index (χ4n) is 3.48. The van der Waals surface area contributed by atoms with Crippen LogP contribution in [0.1, 0.15) is 21.6 Å². The van der Waals surface area contributed by atoms with Crippen molar-refractivity contribution in [2.75, 3.05) is 18.0 Å². The van der Waals surface area contributed by atoms with Gasteiger partial charge in [-0.05, 0) is 47.9 Å². The number of carbonyl (C=O) groups is 1. The van der Waals surface area contributed by atoms with Gasteiger partial charge in [0.15, 0.2) is 11.6 Å². The summed E-state index contributed by atoms with van der Waals surface area (Å²) in [7, 11) is 0. The first-order chi connectivity index (χ1) is 15.5. The summed E-state index contributed by atoms with van der Waals surface area (Å²) in [6.07, 6.45) is 5.90. The van der Waals surface area contributed by atoms with Crippen LogP contribution in [-0.2, 0) is 12.8 Å². The number of carbonyl (C=O) groups excluding carboxylic acids is 1. The highest BCUT2D eigenvalue weighted by atomic mass is 16.1. The van der Waals surface area contributed by atoms with Crippen LogP contribution in [0.5, 0.6) is 0 Å². The predicted octanol–water partition coefficient (Wildman–Crippen LogP) is 3.30. The predicted molar refractivity (Wildman–Crippen MR) is 127 cm³/mol. The molecule has 160 valence electrons. The lowest BCUT2D eigenvalue weighted by Gasteiger charge is -2.08. The Morgan fingerprint density at radius 2 is 1.66 bits per heavy atom. The molecule has 0 spiro atoms. The molecule has 2 aromatic heterocycles. The van der Waals surface area contributed by atoms with Crippen molar-refractivity contribution in [3.63, 3.8) is 0 Å². The zero-order valence-electron chi connectivity index (χ0n) is 17.5. The number of nitrogens with two attached hydrogens (primary N) is 3. The van der Waals surface area contributed by atoms with Gasteiger partial charge in [-0.1, -0.05) is 36.4 Å². The van der Waals surface area contributed by atoms with Gasteiger partial charge in [-0.15, -0.1) is 0 Å². The van der Waals surface area contributed by atoms with E-state index in [9.17, 15) is 4.79 Å². The van der Waals surface area contributed by atoms with Crippen molar-refractivity contribution in [3.05, 3.63) is 90.0 Å². The summed E-state index contributed by atoms with van der Waals surface area (Å²) >= 11 is 0. The highest BCUT2D eigenvalue weighted by molar-refractivity contribution is 5.99. The van der Waals surface area contributed by atoms with E-state index in [2.05, 4.69) is 15.0 Å². The number of aromatic nitrogens is 3. The Hall–Kier alpha value is -4.10. The van der Waals surface area contributed by atoms with Crippen LogP contribution in [0.3, 0.4) is 0 Å². The molecular weight excluding hydrogens is 400 g/mol. The number of anilines is 2. The van der Waals surface area contributed by atoms with Gasteiger partial charge in [-0.2, -0.15) is 0 Å². The number of hydrogen-bond donors (Lipinski definition) is 3. The van der Waals surface area contributed by atoms with Crippen molar-refractivity contribution in [3.8, 4) is 22.4 Å². The van der Waals surface area contributed by atoms with Gasteiger partial charge in [-0.25, -0.2) is 9.97 Å². The zero-order valence-corrected chi connectivity index (χ0v) is 17.5. The second-order valence-corrected chi connectivity index (χ2v) is 7.53. The molecule has 2 heterocycles. The van der Waals surface area contributed by atoms with Crippen LogP contribution < -0.4 is 17.2 Å². The van der Waals surface area contributed by atoms with Gasteiger partial charge >= 0.3 is 0 Å². The summed E-state index contributed by atoms with van der Waals surface area (Å²) in [5.41, 5.74) is 23.5. The maximum absolute atomic E-state index is 13.0. The van der Waals surface area contributed by atoms with Gasteiger partial charge < -0.3 is 17.2 Å². The molecule has 0 radical (unpaired) electrons. The van der Waals surface area contributed by atoms with Crippen LogP contribution in [0.25, 0.3) is 22.4 Å². The third-order valence-electron chi connectivity index (χ3n) is 5.13. The molecule has 0 fully saturated rings. The number of pyridine rings is 1. The summed E-state index contributed by atoms with van der Waals surface area (Å²) < 4.78 is 0. The maximum Gasteiger partial charge on any atom is 0.189 e. The topological polar surface area (TPSA) is 134 Å². The smallest absolute Gasteiger partial charge is 0.189 e. The Kier molecular flexibility index (Phi) is 6.19. The molecule has 0 aliphatic carbocycles. The molecule has 0 unspecified atom stereocenters. The quantitative estimate of drug-likeness (QED) is 0.306. The molecule has 7 heteroatoms. The highest BCUT2D eigenvalue weighted by Gasteiger charge is 2.16. The standard InChI is InChI=1S/C25H24N6O/c26-9-8-16-4-6-18(7-5-16)22-15-30-25(28)24(31-22)23(32)11-17-10-20(14-29-13-17)19-2-1-3-21(27)12-19/h1-7,10,12-15H,8-9,11,26-27H2,(H2,28,30). The van der Waals surface area contributed by atoms with E-state index in [1.807, 2.05) is 54.6 Å². The summed E-state index contributed by atoms with van der Waals surface area (Å²) in [5, 5.41) is 0. The molecule has 7 nitrogen and oxygen atoms in total. The first-order valence-electron chi connectivity index (χ1n) is 10.3. The third-order valence-corrected chi connectivity index (χ3v) is 5.13. The average molecular weight is 425 g/mol. The SMILES string of the molecule is NCCc1ccc(-c2cnc(N)c(C(=O)Cc3cncc(-c4cccc(N)c4)c3)n2)cc1. The minimum absolute atomic E-state index is 0.110. The molecule has 0 bridgehead atoms. The van der Waals surface area contributed by atoms with E-state index in [4.69, 9.17) is 17.2 Å². The second kappa shape index (κ2) is 9.36. The summed E-state index contributed by atoms with van der Waals surface area (Å²) in [6, 6.07) is 17.3. The molecule has 2 aromatic carbocycles. The number of hydrogen-bond acceptors (Lipinski definition) is 7. The number of nitrogens with zero attached hydrogens (tertiary/aromatic N) is 3. The van der Waals surface area contributed by atoms with E-state index in [0.717, 1.165) is 34.2 Å². The maximum atomic E-state index is 13.0. The van der Waals surface area contributed by atoms with Crippen LogP contribution in [0.15, 0.2) is 73.2 Å². The van der Waals surface area contributed by atoms with E-state index in [1.54, 1.807) is 18.6 Å². The monoisotopic (exact) mass is 424 g/mol.